The summed E-state index contributed by atoms with van der Waals surface area (Å²) in [6.45, 7) is 12.5. The third-order valence-electron chi connectivity index (χ3n) is 3.71. The van der Waals surface area contributed by atoms with Gasteiger partial charge in [0.15, 0.2) is 8.32 Å². The van der Waals surface area contributed by atoms with Crippen molar-refractivity contribution in [3.8, 4) is 12.3 Å². The van der Waals surface area contributed by atoms with E-state index in [4.69, 9.17) is 16.0 Å². The summed E-state index contributed by atoms with van der Waals surface area (Å²) < 4.78 is 6.09. The maximum Gasteiger partial charge on any atom is 0.306 e. The summed E-state index contributed by atoms with van der Waals surface area (Å²) in [7, 11) is -1.88. The molecular weight excluding hydrogens is 244 g/mol. The van der Waals surface area contributed by atoms with E-state index >= 15 is 0 Å². The molecule has 0 rings (SSSR count). The quantitative estimate of drug-likeness (QED) is 0.593. The van der Waals surface area contributed by atoms with Gasteiger partial charge in [-0.15, -0.1) is 6.42 Å². The molecule has 0 aliphatic rings. The Bertz CT molecular complexity index is 323. The van der Waals surface area contributed by atoms with Gasteiger partial charge in [-0.25, -0.2) is 0 Å². The van der Waals surface area contributed by atoms with Gasteiger partial charge < -0.3 is 9.53 Å². The van der Waals surface area contributed by atoms with Crippen LogP contribution in [0.5, 0.6) is 0 Å². The van der Waals surface area contributed by atoms with Crippen LogP contribution >= 0.6 is 0 Å². The average molecular weight is 270 g/mol. The van der Waals surface area contributed by atoms with Gasteiger partial charge in [0, 0.05) is 0 Å². The van der Waals surface area contributed by atoms with Crippen molar-refractivity contribution >= 4 is 14.3 Å². The number of carbonyl (C=O) groups is 1. The molecule has 0 fully saturated rings. The molecule has 0 aromatic heterocycles. The topological polar surface area (TPSA) is 46.5 Å². The average Bonchev–Trinajstić information content (AvgIpc) is 2.21. The highest BCUT2D eigenvalue weighted by atomic mass is 28.4. The van der Waals surface area contributed by atoms with Crippen molar-refractivity contribution in [3.05, 3.63) is 0 Å². The molecule has 0 aliphatic heterocycles. The molecule has 0 spiro atoms. The zero-order valence-electron chi connectivity index (χ0n) is 12.4. The van der Waals surface area contributed by atoms with Gasteiger partial charge in [-0.05, 0) is 31.0 Å². The lowest BCUT2D eigenvalue weighted by Gasteiger charge is -2.38. The molecule has 0 heterocycles. The largest absolute Gasteiger partial charge is 0.481 e. The molecule has 0 amide bonds. The minimum atomic E-state index is -1.88. The van der Waals surface area contributed by atoms with E-state index in [0.29, 0.717) is 12.8 Å². The van der Waals surface area contributed by atoms with E-state index < -0.39 is 14.3 Å². The molecule has 0 saturated heterocycles. The summed E-state index contributed by atoms with van der Waals surface area (Å²) in [6, 6.07) is 0. The highest BCUT2D eigenvalue weighted by Gasteiger charge is 2.38. The second-order valence-corrected chi connectivity index (χ2v) is 11.1. The van der Waals surface area contributed by atoms with E-state index in [0.717, 1.165) is 0 Å². The van der Waals surface area contributed by atoms with Crippen molar-refractivity contribution in [2.45, 2.75) is 64.8 Å². The summed E-state index contributed by atoms with van der Waals surface area (Å²) in [4.78, 5) is 10.8. The lowest BCUT2D eigenvalue weighted by Crippen LogP contribution is -2.43. The van der Waals surface area contributed by atoms with Gasteiger partial charge in [-0.3, -0.25) is 4.79 Å². The molecule has 0 aromatic rings. The Labute approximate surface area is 112 Å². The lowest BCUT2D eigenvalue weighted by molar-refractivity contribution is -0.141. The number of aliphatic carboxylic acids is 1. The van der Waals surface area contributed by atoms with Crippen LogP contribution in [-0.4, -0.2) is 25.5 Å². The van der Waals surface area contributed by atoms with Gasteiger partial charge in [0.05, 0.1) is 5.92 Å². The Morgan fingerprint density at radius 2 is 1.89 bits per heavy atom. The van der Waals surface area contributed by atoms with Crippen molar-refractivity contribution in [2.24, 2.45) is 5.92 Å². The van der Waals surface area contributed by atoms with E-state index in [1.807, 2.05) is 0 Å². The number of hydrogen-bond acceptors (Lipinski definition) is 2. The Morgan fingerprint density at radius 1 is 1.39 bits per heavy atom. The Hall–Kier alpha value is -0.793. The molecular formula is C14H26O3Si. The predicted octanol–water partition coefficient (Wildman–Crippen LogP) is 3.51. The second-order valence-electron chi connectivity index (χ2n) is 6.35. The fourth-order valence-electron chi connectivity index (χ4n) is 1.23. The van der Waals surface area contributed by atoms with Crippen molar-refractivity contribution in [2.75, 3.05) is 0 Å². The van der Waals surface area contributed by atoms with Gasteiger partial charge in [0.1, 0.15) is 6.10 Å². The van der Waals surface area contributed by atoms with Gasteiger partial charge in [-0.1, -0.05) is 33.6 Å². The van der Waals surface area contributed by atoms with Crippen LogP contribution in [0.25, 0.3) is 0 Å². The Balaban J connectivity index is 4.47. The smallest absolute Gasteiger partial charge is 0.306 e. The molecule has 0 aliphatic carbocycles. The van der Waals surface area contributed by atoms with E-state index in [-0.39, 0.29) is 17.1 Å². The van der Waals surface area contributed by atoms with Crippen molar-refractivity contribution in [1.82, 2.24) is 0 Å². The Kier molecular flexibility index (Phi) is 6.11. The molecule has 4 heteroatoms. The van der Waals surface area contributed by atoms with Crippen molar-refractivity contribution < 1.29 is 14.3 Å². The summed E-state index contributed by atoms with van der Waals surface area (Å²) in [5, 5.41) is 8.96. The van der Waals surface area contributed by atoms with Crippen molar-refractivity contribution in [1.29, 1.82) is 0 Å². The van der Waals surface area contributed by atoms with Crippen LogP contribution in [0.1, 0.15) is 40.5 Å². The third-order valence-corrected chi connectivity index (χ3v) is 8.20. The number of hydrogen-bond donors (Lipinski definition) is 1. The number of rotatable bonds is 6. The van der Waals surface area contributed by atoms with Crippen molar-refractivity contribution in [3.63, 3.8) is 0 Å². The predicted molar refractivity (Wildman–Crippen MR) is 76.9 cm³/mol. The van der Waals surface area contributed by atoms with E-state index in [9.17, 15) is 4.79 Å². The maximum atomic E-state index is 10.8. The highest BCUT2D eigenvalue weighted by Crippen LogP contribution is 2.37. The zero-order chi connectivity index (χ0) is 14.6. The minimum Gasteiger partial charge on any atom is -0.481 e. The SMILES string of the molecule is C#CC(CC[C@H](C)C(=O)O)O[Si](C)(C)C(C)(C)C. The molecule has 1 unspecified atom stereocenters. The van der Waals surface area contributed by atoms with Crippen LogP contribution in [-0.2, 0) is 9.22 Å². The van der Waals surface area contributed by atoms with Gasteiger partial charge >= 0.3 is 5.97 Å². The summed E-state index contributed by atoms with van der Waals surface area (Å²) in [5.41, 5.74) is 0. The zero-order valence-corrected chi connectivity index (χ0v) is 13.4. The number of carboxylic acids is 1. The maximum absolute atomic E-state index is 10.8. The lowest BCUT2D eigenvalue weighted by atomic mass is 10.0. The summed E-state index contributed by atoms with van der Waals surface area (Å²) in [5.74, 6) is 1.49. The first-order valence-electron chi connectivity index (χ1n) is 6.38. The van der Waals surface area contributed by atoms with Gasteiger partial charge in [0.2, 0.25) is 0 Å². The molecule has 0 radical (unpaired) electrons. The fraction of sp³-hybridized carbons (Fsp3) is 0.786. The first-order chi connectivity index (χ1) is 8.01. The molecule has 0 bridgehead atoms. The van der Waals surface area contributed by atoms with Crippen LogP contribution in [0, 0.1) is 18.3 Å². The number of carboxylic acid groups (broad SMARTS) is 1. The van der Waals surface area contributed by atoms with Gasteiger partial charge in [-0.2, -0.15) is 0 Å². The van der Waals surface area contributed by atoms with Crippen LogP contribution in [0.3, 0.4) is 0 Å². The molecule has 18 heavy (non-hydrogen) atoms. The first-order valence-corrected chi connectivity index (χ1v) is 9.29. The molecule has 3 nitrogen and oxygen atoms in total. The first kappa shape index (κ1) is 17.2. The molecule has 2 atom stereocenters. The number of terminal acetylenes is 1. The van der Waals surface area contributed by atoms with Gasteiger partial charge in [0.25, 0.3) is 0 Å². The van der Waals surface area contributed by atoms with Crippen LogP contribution in [0.2, 0.25) is 18.1 Å². The highest BCUT2D eigenvalue weighted by molar-refractivity contribution is 6.74. The third kappa shape index (κ3) is 5.24. The molecule has 104 valence electrons. The summed E-state index contributed by atoms with van der Waals surface area (Å²) in [6.07, 6.45) is 6.38. The van der Waals surface area contributed by atoms with E-state index in [1.165, 1.54) is 0 Å². The minimum absolute atomic E-state index is 0.112. The summed E-state index contributed by atoms with van der Waals surface area (Å²) >= 11 is 0. The molecule has 0 aromatic carbocycles. The van der Waals surface area contributed by atoms with Crippen LogP contribution in [0.15, 0.2) is 0 Å². The van der Waals surface area contributed by atoms with E-state index in [1.54, 1.807) is 6.92 Å². The fourth-order valence-corrected chi connectivity index (χ4v) is 2.48. The molecule has 1 N–H and O–H groups in total. The Morgan fingerprint density at radius 3 is 2.22 bits per heavy atom. The normalized spacial score (nSPS) is 15.8. The second kappa shape index (κ2) is 6.40. The van der Waals surface area contributed by atoms with E-state index in [2.05, 4.69) is 39.8 Å². The standard InChI is InChI=1S/C14H26O3Si/c1-8-12(10-9-11(2)13(15)16)17-18(6,7)14(3,4)5/h1,11-12H,9-10H2,2-7H3,(H,15,16)/t11-,12?/m0/s1. The van der Waals surface area contributed by atoms with Crippen LogP contribution < -0.4 is 0 Å². The van der Waals surface area contributed by atoms with Crippen LogP contribution in [0.4, 0.5) is 0 Å². The monoisotopic (exact) mass is 270 g/mol. The molecule has 0 saturated carbocycles.